The maximum Gasteiger partial charge on any atom is 0.240 e. The van der Waals surface area contributed by atoms with Crippen LogP contribution in [0.5, 0.6) is 0 Å². The normalized spacial score (nSPS) is 12.6. The number of hydrogen-bond acceptors (Lipinski definition) is 4. The number of amides is 1. The van der Waals surface area contributed by atoms with Gasteiger partial charge >= 0.3 is 0 Å². The predicted octanol–water partition coefficient (Wildman–Crippen LogP) is 2.62. The Morgan fingerprint density at radius 3 is 2.32 bits per heavy atom. The van der Waals surface area contributed by atoms with Gasteiger partial charge in [0, 0.05) is 26.3 Å². The third-order valence-electron chi connectivity index (χ3n) is 3.76. The second kappa shape index (κ2) is 8.24. The van der Waals surface area contributed by atoms with Gasteiger partial charge in [0.2, 0.25) is 15.9 Å². The van der Waals surface area contributed by atoms with Crippen LogP contribution >= 0.6 is 0 Å². The lowest BCUT2D eigenvalue weighted by molar-refractivity contribution is -0.114. The Kier molecular flexibility index (Phi) is 6.30. The zero-order valence-electron chi connectivity index (χ0n) is 14.4. The van der Waals surface area contributed by atoms with Gasteiger partial charge in [-0.25, -0.2) is 13.1 Å². The number of methoxy groups -OCH3 is 1. The number of benzene rings is 2. The molecular formula is C18H22N2O4S. The van der Waals surface area contributed by atoms with E-state index in [1.807, 2.05) is 31.2 Å². The van der Waals surface area contributed by atoms with Crippen molar-refractivity contribution in [1.82, 2.24) is 4.72 Å². The van der Waals surface area contributed by atoms with Crippen molar-refractivity contribution in [1.29, 1.82) is 0 Å². The summed E-state index contributed by atoms with van der Waals surface area (Å²) in [6.07, 6.45) is -0.380. The molecule has 0 bridgehead atoms. The maximum absolute atomic E-state index is 12.4. The molecule has 1 amide bonds. The molecule has 0 spiro atoms. The van der Waals surface area contributed by atoms with Crippen LogP contribution in [0.15, 0.2) is 53.4 Å². The molecule has 1 atom stereocenters. The number of carbonyl (C=O) groups excluding carboxylic acids is 1. The standard InChI is InChI=1S/C18H22N2O4S/c1-13-6-4-5-7-17(13)18(24-3)12-19-25(22,23)16-10-8-15(9-11-16)20-14(2)21/h4-11,18-19H,12H2,1-3H3,(H,20,21). The summed E-state index contributed by atoms with van der Waals surface area (Å²) in [5.41, 5.74) is 2.52. The Hall–Kier alpha value is -2.22. The van der Waals surface area contributed by atoms with E-state index in [2.05, 4.69) is 10.0 Å². The van der Waals surface area contributed by atoms with E-state index in [-0.39, 0.29) is 23.5 Å². The SMILES string of the molecule is COC(CNS(=O)(=O)c1ccc(NC(C)=O)cc1)c1ccccc1C. The quantitative estimate of drug-likeness (QED) is 0.793. The second-order valence-corrected chi connectivity index (χ2v) is 7.41. The van der Waals surface area contributed by atoms with Crippen LogP contribution < -0.4 is 10.0 Å². The van der Waals surface area contributed by atoms with Gasteiger partial charge in [0.15, 0.2) is 0 Å². The minimum atomic E-state index is -3.67. The number of rotatable bonds is 7. The molecule has 0 heterocycles. The number of carbonyl (C=O) groups is 1. The monoisotopic (exact) mass is 362 g/mol. The Balaban J connectivity index is 2.10. The lowest BCUT2D eigenvalue weighted by Gasteiger charge is -2.18. The lowest BCUT2D eigenvalue weighted by Crippen LogP contribution is -2.29. The molecule has 2 aromatic carbocycles. The number of hydrogen-bond donors (Lipinski definition) is 2. The first kappa shape index (κ1) is 19.1. The van der Waals surface area contributed by atoms with E-state index in [0.717, 1.165) is 11.1 Å². The van der Waals surface area contributed by atoms with Gasteiger partial charge < -0.3 is 10.1 Å². The summed E-state index contributed by atoms with van der Waals surface area (Å²) in [6, 6.07) is 13.7. The van der Waals surface area contributed by atoms with Gasteiger partial charge in [-0.2, -0.15) is 0 Å². The minimum absolute atomic E-state index is 0.122. The van der Waals surface area contributed by atoms with Gasteiger partial charge in [-0.05, 0) is 42.3 Å². The fourth-order valence-electron chi connectivity index (χ4n) is 2.46. The van der Waals surface area contributed by atoms with Gasteiger partial charge in [0.25, 0.3) is 0 Å². The van der Waals surface area contributed by atoms with Crippen molar-refractivity contribution in [2.24, 2.45) is 0 Å². The molecular weight excluding hydrogens is 340 g/mol. The van der Waals surface area contributed by atoms with E-state index in [1.165, 1.54) is 19.1 Å². The third kappa shape index (κ3) is 5.12. The van der Waals surface area contributed by atoms with Crippen molar-refractivity contribution < 1.29 is 17.9 Å². The highest BCUT2D eigenvalue weighted by Gasteiger charge is 2.19. The molecule has 2 rings (SSSR count). The van der Waals surface area contributed by atoms with Crippen LogP contribution in [-0.4, -0.2) is 28.0 Å². The number of sulfonamides is 1. The van der Waals surface area contributed by atoms with Crippen LogP contribution in [0.25, 0.3) is 0 Å². The Labute approximate surface area is 148 Å². The van der Waals surface area contributed by atoms with Crippen molar-refractivity contribution in [2.45, 2.75) is 24.8 Å². The number of anilines is 1. The van der Waals surface area contributed by atoms with Gasteiger partial charge in [-0.15, -0.1) is 0 Å². The molecule has 2 aromatic rings. The van der Waals surface area contributed by atoms with Crippen LogP contribution in [0, 0.1) is 6.92 Å². The number of aryl methyl sites for hydroxylation is 1. The topological polar surface area (TPSA) is 84.5 Å². The molecule has 0 saturated heterocycles. The molecule has 0 saturated carbocycles. The summed E-state index contributed by atoms with van der Waals surface area (Å²) in [5, 5.41) is 2.60. The van der Waals surface area contributed by atoms with Gasteiger partial charge in [-0.3, -0.25) is 4.79 Å². The van der Waals surface area contributed by atoms with E-state index < -0.39 is 10.0 Å². The predicted molar refractivity (Wildman–Crippen MR) is 96.9 cm³/mol. The summed E-state index contributed by atoms with van der Waals surface area (Å²) < 4.78 is 32.9. The smallest absolute Gasteiger partial charge is 0.240 e. The van der Waals surface area contributed by atoms with Gasteiger partial charge in [-0.1, -0.05) is 24.3 Å². The summed E-state index contributed by atoms with van der Waals surface area (Å²) in [6.45, 7) is 3.47. The molecule has 6 nitrogen and oxygen atoms in total. The summed E-state index contributed by atoms with van der Waals surface area (Å²) in [5.74, 6) is -0.213. The van der Waals surface area contributed by atoms with Crippen molar-refractivity contribution >= 4 is 21.6 Å². The molecule has 1 unspecified atom stereocenters. The summed E-state index contributed by atoms with van der Waals surface area (Å²) >= 11 is 0. The zero-order chi connectivity index (χ0) is 18.4. The third-order valence-corrected chi connectivity index (χ3v) is 5.20. The van der Waals surface area contributed by atoms with E-state index in [1.54, 1.807) is 19.2 Å². The van der Waals surface area contributed by atoms with Crippen molar-refractivity contribution in [2.75, 3.05) is 19.0 Å². The first-order valence-electron chi connectivity index (χ1n) is 7.79. The largest absolute Gasteiger partial charge is 0.375 e. The zero-order valence-corrected chi connectivity index (χ0v) is 15.3. The Morgan fingerprint density at radius 2 is 1.76 bits per heavy atom. The number of ether oxygens (including phenoxy) is 1. The highest BCUT2D eigenvalue weighted by atomic mass is 32.2. The van der Waals surface area contributed by atoms with Crippen LogP contribution in [0.1, 0.15) is 24.2 Å². The molecule has 0 aromatic heterocycles. The summed E-state index contributed by atoms with van der Waals surface area (Å²) in [7, 11) is -2.12. The fraction of sp³-hybridized carbons (Fsp3) is 0.278. The molecule has 0 radical (unpaired) electrons. The lowest BCUT2D eigenvalue weighted by atomic mass is 10.0. The van der Waals surface area contributed by atoms with Crippen LogP contribution in [0.3, 0.4) is 0 Å². The van der Waals surface area contributed by atoms with Crippen molar-refractivity contribution in [3.05, 3.63) is 59.7 Å². The van der Waals surface area contributed by atoms with Gasteiger partial charge in [0.05, 0.1) is 11.0 Å². The van der Waals surface area contributed by atoms with E-state index in [4.69, 9.17) is 4.74 Å². The Morgan fingerprint density at radius 1 is 1.12 bits per heavy atom. The highest BCUT2D eigenvalue weighted by molar-refractivity contribution is 7.89. The maximum atomic E-state index is 12.4. The van der Waals surface area contributed by atoms with E-state index in [9.17, 15) is 13.2 Å². The first-order chi connectivity index (χ1) is 11.8. The van der Waals surface area contributed by atoms with Gasteiger partial charge in [0.1, 0.15) is 0 Å². The first-order valence-corrected chi connectivity index (χ1v) is 9.27. The molecule has 7 heteroatoms. The average molecular weight is 362 g/mol. The molecule has 0 fully saturated rings. The molecule has 0 aliphatic carbocycles. The molecule has 0 aliphatic heterocycles. The van der Waals surface area contributed by atoms with Crippen molar-refractivity contribution in [3.63, 3.8) is 0 Å². The molecule has 25 heavy (non-hydrogen) atoms. The molecule has 134 valence electrons. The van der Waals surface area contributed by atoms with E-state index >= 15 is 0 Å². The highest BCUT2D eigenvalue weighted by Crippen LogP contribution is 2.21. The summed E-state index contributed by atoms with van der Waals surface area (Å²) in [4.78, 5) is 11.1. The molecule has 0 aliphatic rings. The average Bonchev–Trinajstić information content (AvgIpc) is 2.57. The molecule has 2 N–H and O–H groups in total. The van der Waals surface area contributed by atoms with E-state index in [0.29, 0.717) is 5.69 Å². The van der Waals surface area contributed by atoms with Crippen LogP contribution in [0.4, 0.5) is 5.69 Å². The number of nitrogens with one attached hydrogen (secondary N) is 2. The Bertz CT molecular complexity index is 832. The fourth-order valence-corrected chi connectivity index (χ4v) is 3.49. The minimum Gasteiger partial charge on any atom is -0.375 e. The van der Waals surface area contributed by atoms with Crippen LogP contribution in [-0.2, 0) is 19.6 Å². The van der Waals surface area contributed by atoms with Crippen molar-refractivity contribution in [3.8, 4) is 0 Å². The van der Waals surface area contributed by atoms with Crippen LogP contribution in [0.2, 0.25) is 0 Å². The second-order valence-electron chi connectivity index (χ2n) is 5.64.